The molecule has 1 heterocycles. The van der Waals surface area contributed by atoms with Crippen LogP contribution in [0, 0.1) is 0 Å². The van der Waals surface area contributed by atoms with Crippen LogP contribution in [0.1, 0.15) is 25.0 Å². The summed E-state index contributed by atoms with van der Waals surface area (Å²) in [7, 11) is 0. The zero-order valence-electron chi connectivity index (χ0n) is 19.3. The monoisotopic (exact) mass is 433 g/mol. The summed E-state index contributed by atoms with van der Waals surface area (Å²) in [5.74, 6) is 0. The van der Waals surface area contributed by atoms with Crippen molar-refractivity contribution in [2.75, 3.05) is 0 Å². The highest BCUT2D eigenvalue weighted by Crippen LogP contribution is 2.54. The summed E-state index contributed by atoms with van der Waals surface area (Å²) in [6, 6.07) is 38.3. The van der Waals surface area contributed by atoms with Crippen molar-refractivity contribution in [2.24, 2.45) is 0 Å². The largest absolute Gasteiger partial charge is 0.309 e. The number of para-hydroxylation sites is 1. The molecule has 0 aliphatic heterocycles. The highest BCUT2D eigenvalue weighted by atomic mass is 15.0. The molecule has 2 aliphatic carbocycles. The molecule has 34 heavy (non-hydrogen) atoms. The van der Waals surface area contributed by atoms with E-state index in [1.165, 1.54) is 72.0 Å². The maximum atomic E-state index is 2.50. The van der Waals surface area contributed by atoms with Gasteiger partial charge in [0.1, 0.15) is 0 Å². The van der Waals surface area contributed by atoms with Gasteiger partial charge in [0.2, 0.25) is 0 Å². The molecular formula is C33H23N. The molecule has 1 aromatic heterocycles. The molecule has 0 saturated heterocycles. The summed E-state index contributed by atoms with van der Waals surface area (Å²) < 4.78 is 2.50. The Labute approximate surface area is 198 Å². The maximum absolute atomic E-state index is 2.50. The summed E-state index contributed by atoms with van der Waals surface area (Å²) in [5, 5.41) is 4.01. The van der Waals surface area contributed by atoms with E-state index in [0.717, 1.165) is 0 Å². The SMILES string of the molecule is CC1(C)c2ccccc2-c2ccc(-n3c4c(c5ccccc53)-c3cccc5cccc-4c35)cc21. The van der Waals surface area contributed by atoms with Crippen molar-refractivity contribution in [2.45, 2.75) is 19.3 Å². The summed E-state index contributed by atoms with van der Waals surface area (Å²) in [4.78, 5) is 0. The number of rotatable bonds is 1. The van der Waals surface area contributed by atoms with E-state index in [9.17, 15) is 0 Å². The molecule has 160 valence electrons. The molecular weight excluding hydrogens is 410 g/mol. The van der Waals surface area contributed by atoms with Gasteiger partial charge in [-0.25, -0.2) is 0 Å². The van der Waals surface area contributed by atoms with Gasteiger partial charge in [-0.05, 0) is 56.8 Å². The van der Waals surface area contributed by atoms with Crippen molar-refractivity contribution < 1.29 is 0 Å². The van der Waals surface area contributed by atoms with Gasteiger partial charge >= 0.3 is 0 Å². The Balaban J connectivity index is 1.48. The number of nitrogens with zero attached hydrogens (tertiary/aromatic N) is 1. The molecule has 0 unspecified atom stereocenters. The Hall–Kier alpha value is -4.10. The van der Waals surface area contributed by atoms with Crippen molar-refractivity contribution in [1.82, 2.24) is 4.57 Å². The molecule has 0 fully saturated rings. The zero-order valence-corrected chi connectivity index (χ0v) is 19.3. The normalized spacial score (nSPS) is 14.4. The molecule has 1 heteroatoms. The molecule has 5 aromatic carbocycles. The first-order chi connectivity index (χ1) is 16.6. The molecule has 8 rings (SSSR count). The summed E-state index contributed by atoms with van der Waals surface area (Å²) >= 11 is 0. The molecule has 0 spiro atoms. The number of hydrogen-bond acceptors (Lipinski definition) is 0. The smallest absolute Gasteiger partial charge is 0.0626 e. The second-order valence-corrected chi connectivity index (χ2v) is 10.2. The average Bonchev–Trinajstić information content (AvgIpc) is 3.46. The van der Waals surface area contributed by atoms with Crippen molar-refractivity contribution in [3.05, 3.63) is 114 Å². The molecule has 0 N–H and O–H groups in total. The predicted molar refractivity (Wildman–Crippen MR) is 143 cm³/mol. The molecule has 1 nitrogen and oxygen atoms in total. The first-order valence-electron chi connectivity index (χ1n) is 12.1. The fourth-order valence-electron chi connectivity index (χ4n) is 6.61. The van der Waals surface area contributed by atoms with Crippen LogP contribution in [0.2, 0.25) is 0 Å². The second kappa shape index (κ2) is 6.07. The minimum atomic E-state index is -0.0168. The number of hydrogen-bond donors (Lipinski definition) is 0. The highest BCUT2D eigenvalue weighted by molar-refractivity contribution is 6.21. The van der Waals surface area contributed by atoms with Gasteiger partial charge in [0.15, 0.2) is 0 Å². The van der Waals surface area contributed by atoms with Crippen molar-refractivity contribution in [3.63, 3.8) is 0 Å². The van der Waals surface area contributed by atoms with Gasteiger partial charge in [0.05, 0.1) is 11.2 Å². The van der Waals surface area contributed by atoms with Gasteiger partial charge in [-0.1, -0.05) is 98.8 Å². The lowest BCUT2D eigenvalue weighted by Crippen LogP contribution is -2.15. The van der Waals surface area contributed by atoms with Crippen molar-refractivity contribution in [1.29, 1.82) is 0 Å². The molecule has 6 aromatic rings. The van der Waals surface area contributed by atoms with Gasteiger partial charge in [-0.15, -0.1) is 0 Å². The third-order valence-electron chi connectivity index (χ3n) is 8.13. The molecule has 2 aliphatic rings. The van der Waals surface area contributed by atoms with E-state index < -0.39 is 0 Å². The number of fused-ring (bicyclic) bond motifs is 8. The average molecular weight is 434 g/mol. The topological polar surface area (TPSA) is 4.93 Å². The molecule has 0 amide bonds. The lowest BCUT2D eigenvalue weighted by atomic mass is 9.82. The van der Waals surface area contributed by atoms with Crippen molar-refractivity contribution >= 4 is 21.7 Å². The van der Waals surface area contributed by atoms with Gasteiger partial charge in [-0.3, -0.25) is 0 Å². The number of aromatic nitrogens is 1. The Kier molecular flexibility index (Phi) is 3.27. The van der Waals surface area contributed by atoms with Crippen LogP contribution in [0.25, 0.3) is 60.9 Å². The molecule has 0 saturated carbocycles. The van der Waals surface area contributed by atoms with Crippen LogP contribution in [0.3, 0.4) is 0 Å². The second-order valence-electron chi connectivity index (χ2n) is 10.2. The van der Waals surface area contributed by atoms with Crippen LogP contribution < -0.4 is 0 Å². The van der Waals surface area contributed by atoms with E-state index in [4.69, 9.17) is 0 Å². The van der Waals surface area contributed by atoms with E-state index in [2.05, 4.69) is 122 Å². The van der Waals surface area contributed by atoms with E-state index in [-0.39, 0.29) is 5.41 Å². The standard InChI is InChI=1S/C33H23N/c1-33(2)27-15-5-3-11-22(27)23-18-17-21(19-28(23)33)34-29-16-6-4-12-24(29)31-25-13-7-9-20-10-8-14-26(30(20)25)32(31)34/h3-19H,1-2H3. The van der Waals surface area contributed by atoms with E-state index >= 15 is 0 Å². The predicted octanol–water partition coefficient (Wildman–Crippen LogP) is 8.74. The van der Waals surface area contributed by atoms with Gasteiger partial charge < -0.3 is 4.57 Å². The quantitative estimate of drug-likeness (QED) is 0.244. The maximum Gasteiger partial charge on any atom is 0.0626 e. The Morgan fingerprint density at radius 1 is 0.588 bits per heavy atom. The van der Waals surface area contributed by atoms with Crippen LogP contribution in [-0.2, 0) is 5.41 Å². The van der Waals surface area contributed by atoms with E-state index in [1.807, 2.05) is 0 Å². The van der Waals surface area contributed by atoms with Gasteiger partial charge in [-0.2, -0.15) is 0 Å². The lowest BCUT2D eigenvalue weighted by molar-refractivity contribution is 0.660. The van der Waals surface area contributed by atoms with Crippen LogP contribution in [-0.4, -0.2) is 4.57 Å². The van der Waals surface area contributed by atoms with Gasteiger partial charge in [0, 0.05) is 27.6 Å². The van der Waals surface area contributed by atoms with Crippen LogP contribution in [0.5, 0.6) is 0 Å². The first-order valence-corrected chi connectivity index (χ1v) is 12.1. The summed E-state index contributed by atoms with van der Waals surface area (Å²) in [5.41, 5.74) is 13.4. The fourth-order valence-corrected chi connectivity index (χ4v) is 6.61. The highest BCUT2D eigenvalue weighted by Gasteiger charge is 2.36. The van der Waals surface area contributed by atoms with Crippen molar-refractivity contribution in [3.8, 4) is 39.2 Å². The van der Waals surface area contributed by atoms with Gasteiger partial charge in [0.25, 0.3) is 0 Å². The minimum absolute atomic E-state index is 0.0168. The molecule has 0 radical (unpaired) electrons. The third-order valence-corrected chi connectivity index (χ3v) is 8.13. The minimum Gasteiger partial charge on any atom is -0.309 e. The summed E-state index contributed by atoms with van der Waals surface area (Å²) in [6.45, 7) is 4.71. The third kappa shape index (κ3) is 2.06. The first kappa shape index (κ1) is 18.3. The Morgan fingerprint density at radius 3 is 2.18 bits per heavy atom. The Bertz CT molecular complexity index is 1820. The fraction of sp³-hybridized carbons (Fsp3) is 0.0909. The van der Waals surface area contributed by atoms with E-state index in [0.29, 0.717) is 0 Å². The molecule has 0 atom stereocenters. The van der Waals surface area contributed by atoms with Crippen LogP contribution in [0.15, 0.2) is 103 Å². The molecule has 0 bridgehead atoms. The number of benzene rings is 5. The van der Waals surface area contributed by atoms with E-state index in [1.54, 1.807) is 0 Å². The Morgan fingerprint density at radius 2 is 1.29 bits per heavy atom. The van der Waals surface area contributed by atoms with Crippen LogP contribution in [0.4, 0.5) is 0 Å². The lowest BCUT2D eigenvalue weighted by Gasteiger charge is -2.22. The zero-order chi connectivity index (χ0) is 22.6. The summed E-state index contributed by atoms with van der Waals surface area (Å²) in [6.07, 6.45) is 0. The van der Waals surface area contributed by atoms with Crippen LogP contribution >= 0.6 is 0 Å².